The van der Waals surface area contributed by atoms with E-state index >= 15 is 0 Å². The monoisotopic (exact) mass is 395 g/mol. The summed E-state index contributed by atoms with van der Waals surface area (Å²) in [6, 6.07) is 18.3. The molecule has 3 N–H and O–H groups in total. The summed E-state index contributed by atoms with van der Waals surface area (Å²) in [4.78, 5) is 13.4. The predicted molar refractivity (Wildman–Crippen MR) is 112 cm³/mol. The summed E-state index contributed by atoms with van der Waals surface area (Å²) >= 11 is 0. The molecule has 0 unspecified atom stereocenters. The summed E-state index contributed by atoms with van der Waals surface area (Å²) in [5, 5.41) is 11.6. The van der Waals surface area contributed by atoms with Crippen molar-refractivity contribution >= 4 is 5.97 Å². The van der Waals surface area contributed by atoms with Crippen molar-refractivity contribution in [1.29, 1.82) is 0 Å². The molecule has 2 bridgehead atoms. The molecule has 3 saturated heterocycles. The fraction of sp³-hybridized carbons (Fsp3) is 0.458. The topological polar surface area (TPSA) is 72.5 Å². The van der Waals surface area contributed by atoms with Crippen molar-refractivity contribution < 1.29 is 19.1 Å². The Morgan fingerprint density at radius 3 is 2.10 bits per heavy atom. The van der Waals surface area contributed by atoms with Gasteiger partial charge in [-0.2, -0.15) is 0 Å². The van der Waals surface area contributed by atoms with Crippen molar-refractivity contribution in [3.8, 4) is 0 Å². The molecule has 5 rings (SSSR count). The number of esters is 1. The zero-order valence-electron chi connectivity index (χ0n) is 17.0. The minimum absolute atomic E-state index is 0.117. The molecular formula is C24H31N2O3+. The maximum Gasteiger partial charge on any atom is 0.348 e. The fourth-order valence-corrected chi connectivity index (χ4v) is 5.21. The highest BCUT2D eigenvalue weighted by molar-refractivity contribution is 5.85. The number of piperidine rings is 3. The van der Waals surface area contributed by atoms with Gasteiger partial charge < -0.3 is 20.1 Å². The number of aliphatic hydroxyl groups is 1. The van der Waals surface area contributed by atoms with Crippen LogP contribution in [0.15, 0.2) is 60.7 Å². The summed E-state index contributed by atoms with van der Waals surface area (Å²) < 4.78 is 6.98. The molecule has 3 fully saturated rings. The van der Waals surface area contributed by atoms with Crippen LogP contribution in [-0.2, 0) is 15.1 Å². The zero-order valence-corrected chi connectivity index (χ0v) is 17.0. The number of hydrogen-bond acceptors (Lipinski definition) is 4. The predicted octanol–water partition coefficient (Wildman–Crippen LogP) is 2.42. The molecular weight excluding hydrogens is 364 g/mol. The molecule has 2 atom stereocenters. The van der Waals surface area contributed by atoms with Crippen LogP contribution in [-0.4, -0.2) is 53.9 Å². The summed E-state index contributed by atoms with van der Waals surface area (Å²) in [5.41, 5.74) is 5.34. The van der Waals surface area contributed by atoms with Gasteiger partial charge in [0.05, 0.1) is 25.7 Å². The van der Waals surface area contributed by atoms with Crippen LogP contribution in [0.2, 0.25) is 0 Å². The Morgan fingerprint density at radius 1 is 1.10 bits per heavy atom. The smallest absolute Gasteiger partial charge is 0.348 e. The van der Waals surface area contributed by atoms with E-state index in [0.717, 1.165) is 43.5 Å². The van der Waals surface area contributed by atoms with Crippen LogP contribution in [0.4, 0.5) is 0 Å². The van der Waals surface area contributed by atoms with E-state index in [4.69, 9.17) is 10.5 Å². The first kappa shape index (κ1) is 20.1. The third-order valence-corrected chi connectivity index (χ3v) is 6.65. The third-order valence-electron chi connectivity index (χ3n) is 6.65. The Morgan fingerprint density at radius 2 is 1.62 bits per heavy atom. The van der Waals surface area contributed by atoms with E-state index in [0.29, 0.717) is 17.0 Å². The second-order valence-corrected chi connectivity index (χ2v) is 8.85. The summed E-state index contributed by atoms with van der Waals surface area (Å²) in [6.45, 7) is 5.93. The lowest BCUT2D eigenvalue weighted by atomic mass is 9.82. The Balaban J connectivity index is 1.61. The second kappa shape index (κ2) is 7.90. The van der Waals surface area contributed by atoms with E-state index in [1.54, 1.807) is 24.3 Å². The molecule has 5 nitrogen and oxygen atoms in total. The van der Waals surface area contributed by atoms with Gasteiger partial charge in [-0.1, -0.05) is 60.7 Å². The molecule has 3 aliphatic rings. The molecule has 0 aliphatic carbocycles. The van der Waals surface area contributed by atoms with Crippen LogP contribution in [0, 0.1) is 5.92 Å². The standard InChI is InChI=1S/C24H31N2O3/c1-18(25)16-26-14-12-19(13-15-26)22(17-26)29-23(27)24(28,20-8-4-2-5-9-20)21-10-6-3-7-11-21/h2-11,18-19,22,28H,12-17,25H2,1H3/q+1/t18-,19?,22+,26?/m1/s1. The van der Waals surface area contributed by atoms with E-state index in [1.807, 2.05) is 43.3 Å². The van der Waals surface area contributed by atoms with E-state index in [2.05, 4.69) is 0 Å². The van der Waals surface area contributed by atoms with Gasteiger partial charge in [-0.05, 0) is 18.1 Å². The quantitative estimate of drug-likeness (QED) is 0.582. The van der Waals surface area contributed by atoms with E-state index in [-0.39, 0.29) is 12.1 Å². The number of rotatable bonds is 6. The van der Waals surface area contributed by atoms with Crippen molar-refractivity contribution in [2.75, 3.05) is 26.2 Å². The van der Waals surface area contributed by atoms with E-state index in [1.165, 1.54) is 0 Å². The Bertz CT molecular complexity index is 790. The number of carbonyl (C=O) groups is 1. The second-order valence-electron chi connectivity index (χ2n) is 8.85. The molecule has 0 aromatic heterocycles. The van der Waals surface area contributed by atoms with E-state index < -0.39 is 11.6 Å². The lowest BCUT2D eigenvalue weighted by molar-refractivity contribution is -0.946. The fourth-order valence-electron chi connectivity index (χ4n) is 5.21. The first-order valence-electron chi connectivity index (χ1n) is 10.6. The zero-order chi connectivity index (χ0) is 20.5. The molecule has 2 aromatic carbocycles. The first-order valence-corrected chi connectivity index (χ1v) is 10.6. The highest BCUT2D eigenvalue weighted by atomic mass is 16.6. The average Bonchev–Trinajstić information content (AvgIpc) is 2.74. The number of carbonyl (C=O) groups excluding carboxylic acids is 1. The summed E-state index contributed by atoms with van der Waals surface area (Å²) in [7, 11) is 0. The Hall–Kier alpha value is -2.21. The van der Waals surface area contributed by atoms with Gasteiger partial charge in [-0.15, -0.1) is 0 Å². The van der Waals surface area contributed by atoms with Gasteiger partial charge in [-0.3, -0.25) is 0 Å². The Labute approximate surface area is 172 Å². The summed E-state index contributed by atoms with van der Waals surface area (Å²) in [6.07, 6.45) is 1.90. The van der Waals surface area contributed by atoms with Crippen molar-refractivity contribution in [2.24, 2.45) is 11.7 Å². The molecule has 0 spiro atoms. The maximum absolute atomic E-state index is 13.4. The molecule has 5 heteroatoms. The van der Waals surface area contributed by atoms with Crippen LogP contribution < -0.4 is 5.73 Å². The number of hydrogen-bond donors (Lipinski definition) is 2. The normalized spacial score (nSPS) is 27.4. The number of ether oxygens (including phenoxy) is 1. The third kappa shape index (κ3) is 3.82. The molecule has 0 amide bonds. The maximum atomic E-state index is 13.4. The molecule has 3 aliphatic heterocycles. The highest BCUT2D eigenvalue weighted by Crippen LogP contribution is 2.38. The van der Waals surface area contributed by atoms with Crippen molar-refractivity contribution in [1.82, 2.24) is 0 Å². The van der Waals surface area contributed by atoms with Gasteiger partial charge in [0.2, 0.25) is 5.60 Å². The molecule has 29 heavy (non-hydrogen) atoms. The Kier molecular flexibility index (Phi) is 5.47. The molecule has 0 radical (unpaired) electrons. The van der Waals surface area contributed by atoms with Crippen LogP contribution >= 0.6 is 0 Å². The number of quaternary nitrogens is 1. The van der Waals surface area contributed by atoms with Gasteiger partial charge in [0.25, 0.3) is 0 Å². The molecule has 2 aromatic rings. The lowest BCUT2D eigenvalue weighted by Crippen LogP contribution is -2.67. The minimum atomic E-state index is -1.82. The lowest BCUT2D eigenvalue weighted by Gasteiger charge is -2.52. The largest absolute Gasteiger partial charge is 0.453 e. The molecule has 154 valence electrons. The number of nitrogens with zero attached hydrogens (tertiary/aromatic N) is 1. The van der Waals surface area contributed by atoms with Gasteiger partial charge in [0, 0.05) is 18.8 Å². The van der Waals surface area contributed by atoms with Gasteiger partial charge in [0.15, 0.2) is 6.10 Å². The SMILES string of the molecule is C[C@@H](N)C[N+]12CCC(CC1)[C@@H](OC(=O)C(O)(c1ccccc1)c1ccccc1)C2. The number of fused-ring (bicyclic) bond motifs is 3. The van der Waals surface area contributed by atoms with Crippen LogP contribution in [0.5, 0.6) is 0 Å². The highest BCUT2D eigenvalue weighted by Gasteiger charge is 2.50. The minimum Gasteiger partial charge on any atom is -0.453 e. The van der Waals surface area contributed by atoms with Gasteiger partial charge >= 0.3 is 5.97 Å². The first-order chi connectivity index (χ1) is 13.9. The van der Waals surface area contributed by atoms with Gasteiger partial charge in [0.1, 0.15) is 6.54 Å². The van der Waals surface area contributed by atoms with Crippen LogP contribution in [0.3, 0.4) is 0 Å². The van der Waals surface area contributed by atoms with E-state index in [9.17, 15) is 9.90 Å². The number of nitrogens with two attached hydrogens (primary N) is 1. The van der Waals surface area contributed by atoms with Crippen molar-refractivity contribution in [3.05, 3.63) is 71.8 Å². The molecule has 3 heterocycles. The van der Waals surface area contributed by atoms with Crippen LogP contribution in [0.1, 0.15) is 30.9 Å². The van der Waals surface area contributed by atoms with Gasteiger partial charge in [-0.25, -0.2) is 4.79 Å². The average molecular weight is 396 g/mol. The molecule has 0 saturated carbocycles. The van der Waals surface area contributed by atoms with Crippen molar-refractivity contribution in [2.45, 2.75) is 37.5 Å². The van der Waals surface area contributed by atoms with Crippen LogP contribution in [0.25, 0.3) is 0 Å². The summed E-state index contributed by atoms with van der Waals surface area (Å²) in [5.74, 6) is -0.226. The van der Waals surface area contributed by atoms with Crippen molar-refractivity contribution in [3.63, 3.8) is 0 Å². The number of benzene rings is 2.